The lowest BCUT2D eigenvalue weighted by molar-refractivity contribution is 0.146. The number of carbonyl (C=O) groups excluding carboxylic acids is 1. The molecule has 0 aromatic heterocycles. The van der Waals surface area contributed by atoms with E-state index in [4.69, 9.17) is 5.11 Å². The van der Waals surface area contributed by atoms with Gasteiger partial charge in [0.25, 0.3) is 0 Å². The summed E-state index contributed by atoms with van der Waals surface area (Å²) in [7, 11) is 0. The maximum absolute atomic E-state index is 11.6. The fraction of sp³-hybridized carbons (Fsp3) is 0.900. The van der Waals surface area contributed by atoms with Gasteiger partial charge in [-0.2, -0.15) is 0 Å². The Morgan fingerprint density at radius 1 is 1.64 bits per heavy atom. The SMILES string of the molecule is CC(O)CNC(=O)N1CCCCC1C. The molecule has 1 fully saturated rings. The van der Waals surface area contributed by atoms with E-state index >= 15 is 0 Å². The molecule has 0 saturated carbocycles. The third-order valence-corrected chi connectivity index (χ3v) is 2.61. The average molecular weight is 200 g/mol. The van der Waals surface area contributed by atoms with Crippen molar-refractivity contribution in [1.82, 2.24) is 10.2 Å². The van der Waals surface area contributed by atoms with Gasteiger partial charge in [-0.25, -0.2) is 4.79 Å². The first-order valence-corrected chi connectivity index (χ1v) is 5.34. The van der Waals surface area contributed by atoms with E-state index < -0.39 is 6.10 Å². The Kier molecular flexibility index (Phi) is 4.20. The molecule has 0 aromatic rings. The summed E-state index contributed by atoms with van der Waals surface area (Å²) >= 11 is 0. The monoisotopic (exact) mass is 200 g/mol. The van der Waals surface area contributed by atoms with Crippen LogP contribution in [0.4, 0.5) is 4.79 Å². The van der Waals surface area contributed by atoms with Gasteiger partial charge in [-0.05, 0) is 33.1 Å². The summed E-state index contributed by atoms with van der Waals surface area (Å²) in [5.74, 6) is 0. The quantitative estimate of drug-likeness (QED) is 0.697. The summed E-state index contributed by atoms with van der Waals surface area (Å²) in [5, 5.41) is 11.8. The van der Waals surface area contributed by atoms with Crippen LogP contribution >= 0.6 is 0 Å². The first-order valence-electron chi connectivity index (χ1n) is 5.34. The molecule has 82 valence electrons. The fourth-order valence-corrected chi connectivity index (χ4v) is 1.74. The molecule has 1 saturated heterocycles. The van der Waals surface area contributed by atoms with Gasteiger partial charge in [-0.3, -0.25) is 0 Å². The van der Waals surface area contributed by atoms with E-state index in [1.807, 2.05) is 4.90 Å². The zero-order valence-corrected chi connectivity index (χ0v) is 8.99. The number of rotatable bonds is 2. The van der Waals surface area contributed by atoms with Crippen molar-refractivity contribution in [2.75, 3.05) is 13.1 Å². The van der Waals surface area contributed by atoms with Crippen LogP contribution in [0.2, 0.25) is 0 Å². The Bertz CT molecular complexity index is 195. The standard InChI is InChI=1S/C10H20N2O2/c1-8-5-3-4-6-12(8)10(14)11-7-9(2)13/h8-9,13H,3-7H2,1-2H3,(H,11,14). The van der Waals surface area contributed by atoms with Gasteiger partial charge in [0.05, 0.1) is 6.10 Å². The van der Waals surface area contributed by atoms with E-state index in [0.717, 1.165) is 19.4 Å². The predicted octanol–water partition coefficient (Wildman–Crippen LogP) is 0.951. The van der Waals surface area contributed by atoms with Crippen molar-refractivity contribution >= 4 is 6.03 Å². The molecule has 0 aromatic carbocycles. The molecule has 4 heteroatoms. The highest BCUT2D eigenvalue weighted by Crippen LogP contribution is 2.15. The predicted molar refractivity (Wildman–Crippen MR) is 55.1 cm³/mol. The molecule has 2 atom stereocenters. The van der Waals surface area contributed by atoms with Gasteiger partial charge in [0.15, 0.2) is 0 Å². The second-order valence-corrected chi connectivity index (χ2v) is 4.07. The molecule has 2 unspecified atom stereocenters. The Balaban J connectivity index is 2.34. The van der Waals surface area contributed by atoms with Gasteiger partial charge in [-0.1, -0.05) is 0 Å². The van der Waals surface area contributed by atoms with Gasteiger partial charge < -0.3 is 15.3 Å². The molecule has 0 bridgehead atoms. The number of piperidine rings is 1. The van der Waals surface area contributed by atoms with Crippen LogP contribution in [0, 0.1) is 0 Å². The van der Waals surface area contributed by atoms with Crippen molar-refractivity contribution in [2.45, 2.75) is 45.3 Å². The lowest BCUT2D eigenvalue weighted by Gasteiger charge is -2.33. The third kappa shape index (κ3) is 3.18. The number of amides is 2. The molecule has 0 aliphatic carbocycles. The Hall–Kier alpha value is -0.770. The topological polar surface area (TPSA) is 52.6 Å². The van der Waals surface area contributed by atoms with Gasteiger partial charge in [0, 0.05) is 19.1 Å². The van der Waals surface area contributed by atoms with Gasteiger partial charge >= 0.3 is 6.03 Å². The number of likely N-dealkylation sites (tertiary alicyclic amines) is 1. The van der Waals surface area contributed by atoms with Crippen LogP contribution in [0.3, 0.4) is 0 Å². The molecule has 0 radical (unpaired) electrons. The zero-order chi connectivity index (χ0) is 10.6. The van der Waals surface area contributed by atoms with Gasteiger partial charge in [-0.15, -0.1) is 0 Å². The van der Waals surface area contributed by atoms with E-state index in [0.29, 0.717) is 12.6 Å². The normalized spacial score (nSPS) is 24.5. The maximum Gasteiger partial charge on any atom is 0.317 e. The number of urea groups is 1. The molecule has 0 spiro atoms. The average Bonchev–Trinajstić information content (AvgIpc) is 2.15. The molecular formula is C10H20N2O2. The number of hydrogen-bond acceptors (Lipinski definition) is 2. The summed E-state index contributed by atoms with van der Waals surface area (Å²) in [6.07, 6.45) is 2.91. The van der Waals surface area contributed by atoms with Crippen molar-refractivity contribution in [2.24, 2.45) is 0 Å². The number of aliphatic hydroxyl groups is 1. The number of hydrogen-bond donors (Lipinski definition) is 2. The van der Waals surface area contributed by atoms with Crippen LogP contribution < -0.4 is 5.32 Å². The molecule has 2 amide bonds. The highest BCUT2D eigenvalue weighted by molar-refractivity contribution is 5.74. The molecule has 1 heterocycles. The van der Waals surface area contributed by atoms with E-state index in [2.05, 4.69) is 12.2 Å². The molecule has 14 heavy (non-hydrogen) atoms. The highest BCUT2D eigenvalue weighted by atomic mass is 16.3. The molecule has 1 aliphatic heterocycles. The van der Waals surface area contributed by atoms with E-state index in [9.17, 15) is 4.79 Å². The first-order chi connectivity index (χ1) is 6.61. The molecule has 2 N–H and O–H groups in total. The third-order valence-electron chi connectivity index (χ3n) is 2.61. The Morgan fingerprint density at radius 3 is 2.93 bits per heavy atom. The number of aliphatic hydroxyl groups excluding tert-OH is 1. The van der Waals surface area contributed by atoms with Crippen LogP contribution in [-0.4, -0.2) is 41.3 Å². The summed E-state index contributed by atoms with van der Waals surface area (Å²) < 4.78 is 0. The van der Waals surface area contributed by atoms with Crippen LogP contribution in [0.5, 0.6) is 0 Å². The minimum atomic E-state index is -0.473. The van der Waals surface area contributed by atoms with Crippen molar-refractivity contribution in [3.63, 3.8) is 0 Å². The minimum Gasteiger partial charge on any atom is -0.392 e. The molecule has 4 nitrogen and oxygen atoms in total. The second-order valence-electron chi connectivity index (χ2n) is 4.07. The van der Waals surface area contributed by atoms with Crippen LogP contribution in [0.1, 0.15) is 33.1 Å². The fourth-order valence-electron chi connectivity index (χ4n) is 1.74. The summed E-state index contributed by atoms with van der Waals surface area (Å²) in [5.41, 5.74) is 0. The number of nitrogens with zero attached hydrogens (tertiary/aromatic N) is 1. The van der Waals surface area contributed by atoms with Crippen molar-refractivity contribution < 1.29 is 9.90 Å². The highest BCUT2D eigenvalue weighted by Gasteiger charge is 2.22. The first kappa shape index (κ1) is 11.3. The molecule has 1 rings (SSSR count). The van der Waals surface area contributed by atoms with E-state index in [1.165, 1.54) is 6.42 Å². The van der Waals surface area contributed by atoms with Gasteiger partial charge in [0.1, 0.15) is 0 Å². The van der Waals surface area contributed by atoms with E-state index in [1.54, 1.807) is 6.92 Å². The molecular weight excluding hydrogens is 180 g/mol. The largest absolute Gasteiger partial charge is 0.392 e. The second kappa shape index (κ2) is 5.20. The van der Waals surface area contributed by atoms with Crippen molar-refractivity contribution in [3.05, 3.63) is 0 Å². The van der Waals surface area contributed by atoms with Crippen LogP contribution in [0.15, 0.2) is 0 Å². The van der Waals surface area contributed by atoms with Gasteiger partial charge in [0.2, 0.25) is 0 Å². The van der Waals surface area contributed by atoms with E-state index in [-0.39, 0.29) is 6.03 Å². The Morgan fingerprint density at radius 2 is 2.36 bits per heavy atom. The smallest absolute Gasteiger partial charge is 0.317 e. The Labute approximate surface area is 85.3 Å². The summed E-state index contributed by atoms with van der Waals surface area (Å²) in [6.45, 7) is 4.91. The van der Waals surface area contributed by atoms with Crippen LogP contribution in [0.25, 0.3) is 0 Å². The maximum atomic E-state index is 11.6. The minimum absolute atomic E-state index is 0.0434. The zero-order valence-electron chi connectivity index (χ0n) is 8.99. The molecule has 1 aliphatic rings. The summed E-state index contributed by atoms with van der Waals surface area (Å²) in [6, 6.07) is 0.288. The lowest BCUT2D eigenvalue weighted by Crippen LogP contribution is -2.48. The number of nitrogens with one attached hydrogen (secondary N) is 1. The van der Waals surface area contributed by atoms with Crippen molar-refractivity contribution in [1.29, 1.82) is 0 Å². The number of carbonyl (C=O) groups is 1. The lowest BCUT2D eigenvalue weighted by atomic mass is 10.0. The van der Waals surface area contributed by atoms with Crippen molar-refractivity contribution in [3.8, 4) is 0 Å². The van der Waals surface area contributed by atoms with Crippen LogP contribution in [-0.2, 0) is 0 Å². The summed E-state index contributed by atoms with van der Waals surface area (Å²) in [4.78, 5) is 13.5.